The molecule has 15 heavy (non-hydrogen) atoms. The van der Waals surface area contributed by atoms with Gasteiger partial charge in [-0.25, -0.2) is 0 Å². The molecule has 90 valence electrons. The van der Waals surface area contributed by atoms with Crippen LogP contribution in [0.1, 0.15) is 32.6 Å². The van der Waals surface area contributed by atoms with Gasteiger partial charge in [0, 0.05) is 6.42 Å². The van der Waals surface area contributed by atoms with Crippen LogP contribution < -0.4 is 0 Å². The van der Waals surface area contributed by atoms with Gasteiger partial charge in [0.1, 0.15) is 0 Å². The highest BCUT2D eigenvalue weighted by Gasteiger charge is 2.10. The summed E-state index contributed by atoms with van der Waals surface area (Å²) in [5.74, 6) is -0.301. The first kappa shape index (κ1) is 14.3. The lowest BCUT2D eigenvalue weighted by molar-refractivity contribution is -0.194. The van der Waals surface area contributed by atoms with Crippen molar-refractivity contribution in [3.05, 3.63) is 0 Å². The van der Waals surface area contributed by atoms with E-state index in [4.69, 9.17) is 15.1 Å². The highest BCUT2D eigenvalue weighted by Crippen LogP contribution is 2.02. The first-order valence-corrected chi connectivity index (χ1v) is 5.42. The fourth-order valence-corrected chi connectivity index (χ4v) is 1.14. The maximum atomic E-state index is 11.3. The summed E-state index contributed by atoms with van der Waals surface area (Å²) in [6, 6.07) is 0. The van der Waals surface area contributed by atoms with Crippen molar-refractivity contribution in [2.24, 2.45) is 0 Å². The van der Waals surface area contributed by atoms with E-state index in [0.717, 1.165) is 19.3 Å². The third-order valence-electron chi connectivity index (χ3n) is 1.91. The first-order valence-electron chi connectivity index (χ1n) is 5.42. The SMILES string of the molecule is CCCCCC(=O)ON(CCO)CCO. The fourth-order valence-electron chi connectivity index (χ4n) is 1.14. The molecule has 0 rings (SSSR count). The number of aliphatic hydroxyl groups excluding tert-OH is 2. The van der Waals surface area contributed by atoms with Gasteiger partial charge in [-0.3, -0.25) is 4.79 Å². The van der Waals surface area contributed by atoms with E-state index in [0.29, 0.717) is 6.42 Å². The Labute approximate surface area is 90.6 Å². The fraction of sp³-hybridized carbons (Fsp3) is 0.900. The minimum Gasteiger partial charge on any atom is -0.395 e. The number of hydrogen-bond acceptors (Lipinski definition) is 5. The van der Waals surface area contributed by atoms with Crippen LogP contribution in [0.15, 0.2) is 0 Å². The van der Waals surface area contributed by atoms with Crippen LogP contribution >= 0.6 is 0 Å². The number of unbranched alkanes of at least 4 members (excludes halogenated alkanes) is 2. The van der Waals surface area contributed by atoms with Crippen molar-refractivity contribution in [1.29, 1.82) is 0 Å². The molecule has 0 saturated heterocycles. The van der Waals surface area contributed by atoms with Crippen molar-refractivity contribution in [3.63, 3.8) is 0 Å². The van der Waals surface area contributed by atoms with Gasteiger partial charge in [0.25, 0.3) is 0 Å². The number of carbonyl (C=O) groups excluding carboxylic acids is 1. The molecule has 5 nitrogen and oxygen atoms in total. The molecular weight excluding hydrogens is 198 g/mol. The zero-order valence-electron chi connectivity index (χ0n) is 9.31. The molecule has 0 fully saturated rings. The Kier molecular flexibility index (Phi) is 9.46. The molecule has 0 aromatic rings. The minimum atomic E-state index is -0.301. The zero-order chi connectivity index (χ0) is 11.5. The lowest BCUT2D eigenvalue weighted by Crippen LogP contribution is -2.32. The van der Waals surface area contributed by atoms with Crippen molar-refractivity contribution in [2.75, 3.05) is 26.3 Å². The Morgan fingerprint density at radius 3 is 2.27 bits per heavy atom. The number of nitrogens with zero attached hydrogens (tertiary/aromatic N) is 1. The van der Waals surface area contributed by atoms with Crippen LogP contribution in [0.4, 0.5) is 0 Å². The molecule has 0 aromatic heterocycles. The molecule has 2 N–H and O–H groups in total. The van der Waals surface area contributed by atoms with Gasteiger partial charge < -0.3 is 15.1 Å². The lowest BCUT2D eigenvalue weighted by atomic mass is 10.2. The second-order valence-corrected chi connectivity index (χ2v) is 3.30. The molecular formula is C10H21NO4. The second kappa shape index (κ2) is 9.89. The van der Waals surface area contributed by atoms with Crippen LogP contribution in [0.2, 0.25) is 0 Å². The highest BCUT2D eigenvalue weighted by atomic mass is 16.7. The largest absolute Gasteiger partial charge is 0.395 e. The highest BCUT2D eigenvalue weighted by molar-refractivity contribution is 5.68. The number of rotatable bonds is 9. The molecule has 0 aliphatic heterocycles. The Morgan fingerprint density at radius 1 is 1.20 bits per heavy atom. The van der Waals surface area contributed by atoms with E-state index in [2.05, 4.69) is 6.92 Å². The van der Waals surface area contributed by atoms with Gasteiger partial charge in [0.05, 0.1) is 26.3 Å². The van der Waals surface area contributed by atoms with Crippen LogP contribution in [0.25, 0.3) is 0 Å². The predicted molar refractivity (Wildman–Crippen MR) is 56.0 cm³/mol. The monoisotopic (exact) mass is 219 g/mol. The molecule has 0 aromatic carbocycles. The van der Waals surface area contributed by atoms with Crippen LogP contribution in [0.5, 0.6) is 0 Å². The Hall–Kier alpha value is -0.650. The van der Waals surface area contributed by atoms with E-state index in [1.54, 1.807) is 0 Å². The van der Waals surface area contributed by atoms with E-state index >= 15 is 0 Å². The number of carbonyl (C=O) groups is 1. The summed E-state index contributed by atoms with van der Waals surface area (Å²) in [4.78, 5) is 16.2. The molecule has 5 heteroatoms. The minimum absolute atomic E-state index is 0.0950. The number of hydroxylamine groups is 2. The quantitative estimate of drug-likeness (QED) is 0.431. The standard InChI is InChI=1S/C10H21NO4/c1-2-3-4-5-10(14)15-11(6-8-12)7-9-13/h12-13H,2-9H2,1H3. The van der Waals surface area contributed by atoms with Gasteiger partial charge in [-0.1, -0.05) is 19.8 Å². The number of aliphatic hydroxyl groups is 2. The normalized spacial score (nSPS) is 10.7. The zero-order valence-corrected chi connectivity index (χ0v) is 9.31. The summed E-state index contributed by atoms with van der Waals surface area (Å²) < 4.78 is 0. The summed E-state index contributed by atoms with van der Waals surface area (Å²) in [5, 5.41) is 18.6. The third-order valence-corrected chi connectivity index (χ3v) is 1.91. The number of hydrogen-bond donors (Lipinski definition) is 2. The van der Waals surface area contributed by atoms with Gasteiger partial charge in [0.2, 0.25) is 0 Å². The molecule has 0 saturated carbocycles. The first-order chi connectivity index (χ1) is 7.24. The van der Waals surface area contributed by atoms with E-state index in [9.17, 15) is 4.79 Å². The van der Waals surface area contributed by atoms with E-state index in [1.807, 2.05) is 0 Å². The average molecular weight is 219 g/mol. The summed E-state index contributed by atoms with van der Waals surface area (Å²) in [5.41, 5.74) is 0. The Bertz CT molecular complexity index is 158. The second-order valence-electron chi connectivity index (χ2n) is 3.30. The van der Waals surface area contributed by atoms with Gasteiger partial charge in [-0.15, -0.1) is 5.06 Å². The van der Waals surface area contributed by atoms with E-state index < -0.39 is 0 Å². The Morgan fingerprint density at radius 2 is 1.80 bits per heavy atom. The molecule has 0 aliphatic carbocycles. The van der Waals surface area contributed by atoms with Crippen LogP contribution in [0, 0.1) is 0 Å². The van der Waals surface area contributed by atoms with Gasteiger partial charge >= 0.3 is 5.97 Å². The van der Waals surface area contributed by atoms with Gasteiger partial charge in [0.15, 0.2) is 0 Å². The van der Waals surface area contributed by atoms with Crippen molar-refractivity contribution in [2.45, 2.75) is 32.6 Å². The summed E-state index contributed by atoms with van der Waals surface area (Å²) in [7, 11) is 0. The van der Waals surface area contributed by atoms with Gasteiger partial charge in [-0.2, -0.15) is 0 Å². The van der Waals surface area contributed by atoms with Crippen LogP contribution in [0.3, 0.4) is 0 Å². The van der Waals surface area contributed by atoms with Crippen molar-refractivity contribution in [3.8, 4) is 0 Å². The lowest BCUT2D eigenvalue weighted by Gasteiger charge is -2.18. The molecule has 0 bridgehead atoms. The molecule has 0 aliphatic rings. The van der Waals surface area contributed by atoms with Gasteiger partial charge in [-0.05, 0) is 6.42 Å². The van der Waals surface area contributed by atoms with E-state index in [-0.39, 0.29) is 32.3 Å². The molecule has 0 unspecified atom stereocenters. The Balaban J connectivity index is 3.67. The van der Waals surface area contributed by atoms with Crippen molar-refractivity contribution >= 4 is 5.97 Å². The van der Waals surface area contributed by atoms with Crippen molar-refractivity contribution < 1.29 is 19.8 Å². The predicted octanol–water partition coefficient (Wildman–Crippen LogP) is 0.311. The van der Waals surface area contributed by atoms with E-state index in [1.165, 1.54) is 5.06 Å². The van der Waals surface area contributed by atoms with Crippen molar-refractivity contribution in [1.82, 2.24) is 5.06 Å². The maximum absolute atomic E-state index is 11.3. The molecule has 0 spiro atoms. The smallest absolute Gasteiger partial charge is 0.325 e. The summed E-state index contributed by atoms with van der Waals surface area (Å²) in [6.45, 7) is 2.35. The molecule has 0 atom stereocenters. The third kappa shape index (κ3) is 8.35. The topological polar surface area (TPSA) is 70.0 Å². The molecule has 0 heterocycles. The summed E-state index contributed by atoms with van der Waals surface area (Å²) >= 11 is 0. The molecule has 0 amide bonds. The summed E-state index contributed by atoms with van der Waals surface area (Å²) in [6.07, 6.45) is 3.28. The average Bonchev–Trinajstić information content (AvgIpc) is 2.19. The maximum Gasteiger partial charge on any atom is 0.325 e. The van der Waals surface area contributed by atoms with Crippen LogP contribution in [-0.2, 0) is 9.63 Å². The van der Waals surface area contributed by atoms with Crippen LogP contribution in [-0.4, -0.2) is 47.5 Å². The molecule has 0 radical (unpaired) electrons.